The van der Waals surface area contributed by atoms with Crippen LogP contribution < -0.4 is 0 Å². The number of carbonyl (C=O) groups excluding carboxylic acids is 1. The molecular formula is C21H36N4O. The Morgan fingerprint density at radius 2 is 2.08 bits per heavy atom. The maximum absolute atomic E-state index is 12.4. The van der Waals surface area contributed by atoms with Gasteiger partial charge in [0, 0.05) is 50.4 Å². The number of hydrogen-bond acceptors (Lipinski definition) is 3. The van der Waals surface area contributed by atoms with Crippen molar-refractivity contribution in [2.45, 2.75) is 72.4 Å². The van der Waals surface area contributed by atoms with E-state index in [1.165, 1.54) is 18.7 Å². The molecule has 1 spiro atoms. The number of imidazole rings is 1. The normalized spacial score (nSPS) is 24.8. The number of likely N-dealkylation sites (tertiary alicyclic amines) is 2. The zero-order valence-electron chi connectivity index (χ0n) is 16.9. The first-order chi connectivity index (χ1) is 12.5. The van der Waals surface area contributed by atoms with Gasteiger partial charge in [-0.3, -0.25) is 9.69 Å². The smallest absolute Gasteiger partial charge is 0.222 e. The number of hydrogen-bond donors (Lipinski definition) is 0. The number of nitrogens with zero attached hydrogens (tertiary/aromatic N) is 4. The molecule has 0 bridgehead atoms. The Hall–Kier alpha value is -1.36. The van der Waals surface area contributed by atoms with E-state index in [1.807, 2.05) is 6.20 Å². The minimum absolute atomic E-state index is 0.297. The fourth-order valence-electron chi connectivity index (χ4n) is 4.63. The van der Waals surface area contributed by atoms with Gasteiger partial charge in [-0.2, -0.15) is 0 Å². The summed E-state index contributed by atoms with van der Waals surface area (Å²) in [5, 5.41) is 0. The lowest BCUT2D eigenvalue weighted by Crippen LogP contribution is -2.54. The third-order valence-corrected chi connectivity index (χ3v) is 6.10. The number of rotatable bonds is 7. The van der Waals surface area contributed by atoms with Crippen LogP contribution >= 0.6 is 0 Å². The Bertz CT molecular complexity index is 597. The summed E-state index contributed by atoms with van der Waals surface area (Å²) in [5.74, 6) is 2.21. The molecule has 1 aromatic heterocycles. The van der Waals surface area contributed by atoms with Crippen LogP contribution in [0.2, 0.25) is 0 Å². The number of piperidine rings is 2. The van der Waals surface area contributed by atoms with E-state index in [9.17, 15) is 4.79 Å². The van der Waals surface area contributed by atoms with Crippen molar-refractivity contribution >= 4 is 5.91 Å². The van der Waals surface area contributed by atoms with E-state index in [4.69, 9.17) is 0 Å². The van der Waals surface area contributed by atoms with Crippen molar-refractivity contribution in [2.75, 3.05) is 26.2 Å². The molecule has 1 amide bonds. The monoisotopic (exact) mass is 360 g/mol. The zero-order chi connectivity index (χ0) is 18.6. The second-order valence-electron chi connectivity index (χ2n) is 8.85. The third kappa shape index (κ3) is 4.67. The molecule has 0 aromatic carbocycles. The van der Waals surface area contributed by atoms with Crippen LogP contribution in [0.5, 0.6) is 0 Å². The van der Waals surface area contributed by atoms with Gasteiger partial charge in [0.1, 0.15) is 5.82 Å². The van der Waals surface area contributed by atoms with E-state index in [-0.39, 0.29) is 0 Å². The van der Waals surface area contributed by atoms with Gasteiger partial charge in [0.25, 0.3) is 0 Å². The molecule has 2 fully saturated rings. The van der Waals surface area contributed by atoms with E-state index in [2.05, 4.69) is 46.3 Å². The molecule has 2 aliphatic rings. The van der Waals surface area contributed by atoms with E-state index in [0.29, 0.717) is 17.2 Å². The van der Waals surface area contributed by atoms with Gasteiger partial charge < -0.3 is 9.47 Å². The highest BCUT2D eigenvalue weighted by atomic mass is 16.2. The van der Waals surface area contributed by atoms with Crippen molar-refractivity contribution in [1.82, 2.24) is 19.4 Å². The summed E-state index contributed by atoms with van der Waals surface area (Å²) < 4.78 is 2.29. The van der Waals surface area contributed by atoms with Gasteiger partial charge in [0.05, 0.1) is 6.54 Å². The summed E-state index contributed by atoms with van der Waals surface area (Å²) in [4.78, 5) is 21.7. The van der Waals surface area contributed by atoms with Crippen molar-refractivity contribution in [3.8, 4) is 0 Å². The maximum Gasteiger partial charge on any atom is 0.222 e. The SMILES string of the molecule is CCCn1ccnc1CN1CCC[C@@]2(CCC(=O)N(CCC(C)C)C2)C1. The molecule has 1 aromatic rings. The molecule has 1 atom stereocenters. The topological polar surface area (TPSA) is 41.4 Å². The second-order valence-corrected chi connectivity index (χ2v) is 8.85. The average molecular weight is 361 g/mol. The number of amides is 1. The van der Waals surface area contributed by atoms with Gasteiger partial charge in [-0.1, -0.05) is 20.8 Å². The molecule has 0 aliphatic carbocycles. The van der Waals surface area contributed by atoms with Crippen LogP contribution in [-0.2, 0) is 17.9 Å². The summed E-state index contributed by atoms with van der Waals surface area (Å²) in [6, 6.07) is 0. The molecule has 2 saturated heterocycles. The quantitative estimate of drug-likeness (QED) is 0.747. The highest BCUT2D eigenvalue weighted by molar-refractivity contribution is 5.77. The van der Waals surface area contributed by atoms with Crippen molar-refractivity contribution in [2.24, 2.45) is 11.3 Å². The molecule has 2 aliphatic heterocycles. The first-order valence-corrected chi connectivity index (χ1v) is 10.5. The van der Waals surface area contributed by atoms with Gasteiger partial charge in [-0.05, 0) is 44.6 Å². The van der Waals surface area contributed by atoms with Gasteiger partial charge in [0.15, 0.2) is 0 Å². The van der Waals surface area contributed by atoms with Crippen molar-refractivity contribution in [3.63, 3.8) is 0 Å². The van der Waals surface area contributed by atoms with Crippen LogP contribution in [0.3, 0.4) is 0 Å². The Kier molecular flexibility index (Phi) is 6.38. The third-order valence-electron chi connectivity index (χ3n) is 6.10. The lowest BCUT2D eigenvalue weighted by atomic mass is 9.73. The van der Waals surface area contributed by atoms with E-state index >= 15 is 0 Å². The highest BCUT2D eigenvalue weighted by Crippen LogP contribution is 2.39. The van der Waals surface area contributed by atoms with Crippen molar-refractivity contribution in [1.29, 1.82) is 0 Å². The number of carbonyl (C=O) groups is 1. The minimum atomic E-state index is 0.297. The molecule has 0 unspecified atom stereocenters. The second kappa shape index (κ2) is 8.55. The molecule has 5 nitrogen and oxygen atoms in total. The van der Waals surface area contributed by atoms with Gasteiger partial charge >= 0.3 is 0 Å². The van der Waals surface area contributed by atoms with Gasteiger partial charge in [0.2, 0.25) is 5.91 Å². The fraction of sp³-hybridized carbons (Fsp3) is 0.810. The lowest BCUT2D eigenvalue weighted by molar-refractivity contribution is -0.139. The molecule has 0 radical (unpaired) electrons. The van der Waals surface area contributed by atoms with E-state index < -0.39 is 0 Å². The molecule has 146 valence electrons. The summed E-state index contributed by atoms with van der Waals surface area (Å²) in [6.45, 7) is 12.8. The van der Waals surface area contributed by atoms with Gasteiger partial charge in [-0.15, -0.1) is 0 Å². The highest BCUT2D eigenvalue weighted by Gasteiger charge is 2.41. The molecule has 0 N–H and O–H groups in total. The summed E-state index contributed by atoms with van der Waals surface area (Å²) in [5.41, 5.74) is 0.297. The minimum Gasteiger partial charge on any atom is -0.342 e. The first kappa shape index (κ1) is 19.4. The van der Waals surface area contributed by atoms with Crippen molar-refractivity contribution < 1.29 is 4.79 Å². The summed E-state index contributed by atoms with van der Waals surface area (Å²) >= 11 is 0. The Labute approximate surface area is 158 Å². The zero-order valence-corrected chi connectivity index (χ0v) is 16.9. The van der Waals surface area contributed by atoms with Crippen molar-refractivity contribution in [3.05, 3.63) is 18.2 Å². The molecular weight excluding hydrogens is 324 g/mol. The number of aromatic nitrogens is 2. The predicted octanol–water partition coefficient (Wildman–Crippen LogP) is 3.54. The predicted molar refractivity (Wildman–Crippen MR) is 105 cm³/mol. The summed E-state index contributed by atoms with van der Waals surface area (Å²) in [7, 11) is 0. The molecule has 3 heterocycles. The Morgan fingerprint density at radius 1 is 1.23 bits per heavy atom. The molecule has 26 heavy (non-hydrogen) atoms. The Balaban J connectivity index is 1.63. The van der Waals surface area contributed by atoms with Crippen LogP contribution in [-0.4, -0.2) is 51.4 Å². The van der Waals surface area contributed by atoms with Crippen LogP contribution in [0, 0.1) is 11.3 Å². The standard InChI is InChI=1S/C21H36N4O/c1-4-11-24-14-10-22-19(24)15-23-12-5-8-21(16-23)9-6-20(26)25(17-21)13-7-18(2)3/h10,14,18H,4-9,11-13,15-17H2,1-3H3/t21-/m1/s1. The molecule has 5 heteroatoms. The first-order valence-electron chi connectivity index (χ1n) is 10.5. The average Bonchev–Trinajstić information content (AvgIpc) is 3.03. The largest absolute Gasteiger partial charge is 0.342 e. The number of aryl methyl sites for hydroxylation is 1. The maximum atomic E-state index is 12.4. The van der Waals surface area contributed by atoms with Crippen LogP contribution in [0.25, 0.3) is 0 Å². The fourth-order valence-corrected chi connectivity index (χ4v) is 4.63. The summed E-state index contributed by atoms with van der Waals surface area (Å²) in [6.07, 6.45) is 10.6. The van der Waals surface area contributed by atoms with E-state index in [1.54, 1.807) is 0 Å². The van der Waals surface area contributed by atoms with E-state index in [0.717, 1.165) is 65.0 Å². The molecule has 0 saturated carbocycles. The van der Waals surface area contributed by atoms with Crippen LogP contribution in [0.1, 0.15) is 65.1 Å². The Morgan fingerprint density at radius 3 is 2.85 bits per heavy atom. The van der Waals surface area contributed by atoms with Crippen LogP contribution in [0.15, 0.2) is 12.4 Å². The lowest BCUT2D eigenvalue weighted by Gasteiger charge is -2.48. The van der Waals surface area contributed by atoms with Crippen LogP contribution in [0.4, 0.5) is 0 Å². The molecule has 3 rings (SSSR count). The van der Waals surface area contributed by atoms with Gasteiger partial charge in [-0.25, -0.2) is 4.98 Å².